The summed E-state index contributed by atoms with van der Waals surface area (Å²) in [6, 6.07) is 7.45. The molecule has 0 radical (unpaired) electrons. The molecule has 6 heteroatoms. The highest BCUT2D eigenvalue weighted by Crippen LogP contribution is 2.18. The maximum atomic E-state index is 12.8. The lowest BCUT2D eigenvalue weighted by Crippen LogP contribution is -2.37. The minimum Gasteiger partial charge on any atom is -0.376 e. The lowest BCUT2D eigenvalue weighted by molar-refractivity contribution is 0.0539. The van der Waals surface area contributed by atoms with E-state index in [1.165, 1.54) is 0 Å². The molecular weight excluding hydrogens is 304 g/mol. The third kappa shape index (κ3) is 4.08. The van der Waals surface area contributed by atoms with Crippen molar-refractivity contribution < 1.29 is 9.53 Å². The van der Waals surface area contributed by atoms with Crippen LogP contribution in [-0.4, -0.2) is 46.6 Å². The largest absolute Gasteiger partial charge is 0.376 e. The summed E-state index contributed by atoms with van der Waals surface area (Å²) in [5, 5.41) is 3.16. The molecule has 1 amide bonds. The number of anilines is 2. The van der Waals surface area contributed by atoms with E-state index in [0.717, 1.165) is 25.1 Å². The number of carbonyl (C=O) groups excluding carboxylic acids is 1. The standard InChI is InChI=1S/C18H22N4O2/c1-2-22(13-16-7-4-10-24-16)18(23)14-5-3-6-15(11-14)21-17-12-19-8-9-20-17/h3,5-6,8-9,11-12,16H,2,4,7,10,13H2,1H3,(H,20,21). The van der Waals surface area contributed by atoms with Crippen LogP contribution in [0.3, 0.4) is 0 Å². The van der Waals surface area contributed by atoms with Crippen LogP contribution in [-0.2, 0) is 4.74 Å². The molecule has 1 fully saturated rings. The summed E-state index contributed by atoms with van der Waals surface area (Å²) < 4.78 is 5.65. The van der Waals surface area contributed by atoms with Crippen LogP contribution in [0.5, 0.6) is 0 Å². The zero-order valence-electron chi connectivity index (χ0n) is 13.8. The molecule has 126 valence electrons. The summed E-state index contributed by atoms with van der Waals surface area (Å²) >= 11 is 0. The zero-order valence-corrected chi connectivity index (χ0v) is 13.8. The van der Waals surface area contributed by atoms with E-state index < -0.39 is 0 Å². The van der Waals surface area contributed by atoms with Gasteiger partial charge in [-0.2, -0.15) is 0 Å². The number of carbonyl (C=O) groups is 1. The Bertz CT molecular complexity index is 672. The lowest BCUT2D eigenvalue weighted by Gasteiger charge is -2.24. The van der Waals surface area contributed by atoms with Gasteiger partial charge >= 0.3 is 0 Å². The number of hydrogen-bond donors (Lipinski definition) is 1. The van der Waals surface area contributed by atoms with Crippen molar-refractivity contribution in [1.82, 2.24) is 14.9 Å². The minimum atomic E-state index is 0.0239. The predicted octanol–water partition coefficient (Wildman–Crippen LogP) is 2.86. The van der Waals surface area contributed by atoms with Crippen molar-refractivity contribution in [2.24, 2.45) is 0 Å². The predicted molar refractivity (Wildman–Crippen MR) is 92.3 cm³/mol. The Morgan fingerprint density at radius 2 is 2.33 bits per heavy atom. The van der Waals surface area contributed by atoms with E-state index in [1.54, 1.807) is 18.6 Å². The Hall–Kier alpha value is -2.47. The van der Waals surface area contributed by atoms with Crippen LogP contribution in [0.25, 0.3) is 0 Å². The van der Waals surface area contributed by atoms with Crippen molar-refractivity contribution in [3.8, 4) is 0 Å². The summed E-state index contributed by atoms with van der Waals surface area (Å²) in [5.74, 6) is 0.671. The van der Waals surface area contributed by atoms with Crippen molar-refractivity contribution >= 4 is 17.4 Å². The first kappa shape index (κ1) is 16.4. The molecule has 1 unspecified atom stereocenters. The molecule has 2 aromatic rings. The molecule has 1 atom stereocenters. The van der Waals surface area contributed by atoms with E-state index in [2.05, 4.69) is 15.3 Å². The molecular formula is C18H22N4O2. The lowest BCUT2D eigenvalue weighted by atomic mass is 10.1. The molecule has 0 aliphatic carbocycles. The van der Waals surface area contributed by atoms with E-state index in [1.807, 2.05) is 36.1 Å². The van der Waals surface area contributed by atoms with Gasteiger partial charge in [0.1, 0.15) is 5.82 Å². The Balaban J connectivity index is 1.70. The molecule has 0 bridgehead atoms. The Labute approximate surface area is 141 Å². The van der Waals surface area contributed by atoms with E-state index in [-0.39, 0.29) is 12.0 Å². The van der Waals surface area contributed by atoms with Gasteiger partial charge in [-0.25, -0.2) is 4.98 Å². The summed E-state index contributed by atoms with van der Waals surface area (Å²) in [5.41, 5.74) is 1.47. The topological polar surface area (TPSA) is 67.3 Å². The Morgan fingerprint density at radius 3 is 3.04 bits per heavy atom. The second-order valence-corrected chi connectivity index (χ2v) is 5.78. The molecule has 0 saturated carbocycles. The number of benzene rings is 1. The van der Waals surface area contributed by atoms with Gasteiger partial charge < -0.3 is 15.0 Å². The van der Waals surface area contributed by atoms with Gasteiger partial charge in [0, 0.05) is 43.3 Å². The van der Waals surface area contributed by atoms with E-state index in [9.17, 15) is 4.79 Å². The molecule has 1 N–H and O–H groups in total. The molecule has 1 saturated heterocycles. The Kier molecular flexibility index (Phi) is 5.38. The highest BCUT2D eigenvalue weighted by molar-refractivity contribution is 5.95. The van der Waals surface area contributed by atoms with Gasteiger partial charge in [0.2, 0.25) is 0 Å². The van der Waals surface area contributed by atoms with Gasteiger partial charge in [-0.05, 0) is 38.0 Å². The maximum Gasteiger partial charge on any atom is 0.254 e. The number of nitrogens with one attached hydrogen (secondary N) is 1. The van der Waals surface area contributed by atoms with Gasteiger partial charge in [-0.15, -0.1) is 0 Å². The second-order valence-electron chi connectivity index (χ2n) is 5.78. The maximum absolute atomic E-state index is 12.8. The third-order valence-electron chi connectivity index (χ3n) is 4.06. The van der Waals surface area contributed by atoms with E-state index in [4.69, 9.17) is 4.74 Å². The molecule has 1 aliphatic heterocycles. The molecule has 24 heavy (non-hydrogen) atoms. The minimum absolute atomic E-state index is 0.0239. The van der Waals surface area contributed by atoms with Crippen LogP contribution in [0.1, 0.15) is 30.1 Å². The molecule has 2 heterocycles. The number of amides is 1. The SMILES string of the molecule is CCN(CC1CCCO1)C(=O)c1cccc(Nc2cnccn2)c1. The molecule has 1 aromatic heterocycles. The first-order chi connectivity index (χ1) is 11.8. The smallest absolute Gasteiger partial charge is 0.254 e. The molecule has 1 aliphatic rings. The summed E-state index contributed by atoms with van der Waals surface area (Å²) in [6.45, 7) is 4.11. The average molecular weight is 326 g/mol. The molecule has 0 spiro atoms. The first-order valence-corrected chi connectivity index (χ1v) is 8.30. The van der Waals surface area contributed by atoms with Crippen LogP contribution in [0, 0.1) is 0 Å². The number of rotatable bonds is 6. The normalized spacial score (nSPS) is 16.8. The highest BCUT2D eigenvalue weighted by atomic mass is 16.5. The van der Waals surface area contributed by atoms with Crippen molar-refractivity contribution in [2.45, 2.75) is 25.9 Å². The number of nitrogens with zero attached hydrogens (tertiary/aromatic N) is 3. The molecule has 3 rings (SSSR count). The highest BCUT2D eigenvalue weighted by Gasteiger charge is 2.22. The fourth-order valence-electron chi connectivity index (χ4n) is 2.81. The second kappa shape index (κ2) is 7.88. The molecule has 6 nitrogen and oxygen atoms in total. The number of ether oxygens (including phenoxy) is 1. The average Bonchev–Trinajstić information content (AvgIpc) is 3.13. The summed E-state index contributed by atoms with van der Waals surface area (Å²) in [6.07, 6.45) is 7.15. The van der Waals surface area contributed by atoms with Crippen molar-refractivity contribution in [1.29, 1.82) is 0 Å². The van der Waals surface area contributed by atoms with Crippen LogP contribution in [0.2, 0.25) is 0 Å². The van der Waals surface area contributed by atoms with Gasteiger partial charge in [0.25, 0.3) is 5.91 Å². The Morgan fingerprint density at radius 1 is 1.42 bits per heavy atom. The quantitative estimate of drug-likeness (QED) is 0.884. The van der Waals surface area contributed by atoms with Crippen LogP contribution in [0.15, 0.2) is 42.9 Å². The van der Waals surface area contributed by atoms with Crippen molar-refractivity contribution in [2.75, 3.05) is 25.0 Å². The van der Waals surface area contributed by atoms with Gasteiger partial charge in [0.15, 0.2) is 0 Å². The summed E-state index contributed by atoms with van der Waals surface area (Å²) in [7, 11) is 0. The van der Waals surface area contributed by atoms with Crippen LogP contribution >= 0.6 is 0 Å². The van der Waals surface area contributed by atoms with Crippen molar-refractivity contribution in [3.05, 3.63) is 48.4 Å². The van der Waals surface area contributed by atoms with Gasteiger partial charge in [-0.1, -0.05) is 6.07 Å². The third-order valence-corrected chi connectivity index (χ3v) is 4.06. The van der Waals surface area contributed by atoms with E-state index in [0.29, 0.717) is 24.5 Å². The summed E-state index contributed by atoms with van der Waals surface area (Å²) in [4.78, 5) is 22.8. The zero-order chi connectivity index (χ0) is 16.8. The van der Waals surface area contributed by atoms with Crippen molar-refractivity contribution in [3.63, 3.8) is 0 Å². The van der Waals surface area contributed by atoms with Gasteiger partial charge in [0.05, 0.1) is 12.3 Å². The number of aromatic nitrogens is 2. The fraction of sp³-hybridized carbons (Fsp3) is 0.389. The number of hydrogen-bond acceptors (Lipinski definition) is 5. The van der Waals surface area contributed by atoms with Crippen LogP contribution in [0.4, 0.5) is 11.5 Å². The van der Waals surface area contributed by atoms with Crippen LogP contribution < -0.4 is 5.32 Å². The first-order valence-electron chi connectivity index (χ1n) is 8.30. The van der Waals surface area contributed by atoms with Gasteiger partial charge in [-0.3, -0.25) is 9.78 Å². The monoisotopic (exact) mass is 326 g/mol. The fourth-order valence-corrected chi connectivity index (χ4v) is 2.81. The number of likely N-dealkylation sites (N-methyl/N-ethyl adjacent to an activating group) is 1. The molecule has 1 aromatic carbocycles. The van der Waals surface area contributed by atoms with E-state index >= 15 is 0 Å².